The first-order chi connectivity index (χ1) is 36.8. The lowest BCUT2D eigenvalue weighted by Gasteiger charge is -2.41. The fraction of sp³-hybridized carbons (Fsp3) is 0.466. The first-order valence-electron chi connectivity index (χ1n) is 26.4. The fourth-order valence-corrected chi connectivity index (χ4v) is 11.5. The van der Waals surface area contributed by atoms with Crippen LogP contribution in [-0.2, 0) is 57.8 Å². The van der Waals surface area contributed by atoms with E-state index in [1.165, 1.54) is 5.56 Å². The number of pyridine rings is 1. The SMILES string of the molecule is CN[C@@H](C)C(=O)N[C@H](C(=O)N1Cc2cc(OCCOCCOCCOCCOc3cc4nccc(Nc5ccc6scnc6c5)c4cc3S(=O)(=O)C(C)(C)C)ccc2C[C@H]1C(=O)NC1CCCc2ccccc21)C(C)(C)C. The highest BCUT2D eigenvalue weighted by atomic mass is 32.2. The van der Waals surface area contributed by atoms with Crippen molar-refractivity contribution in [2.75, 3.05) is 65.2 Å². The van der Waals surface area contributed by atoms with Gasteiger partial charge in [-0.05, 0) is 124 Å². The number of anilines is 2. The molecule has 17 nitrogen and oxygen atoms in total. The molecule has 0 saturated heterocycles. The highest BCUT2D eigenvalue weighted by molar-refractivity contribution is 7.92. The van der Waals surface area contributed by atoms with Crippen molar-refractivity contribution < 1.29 is 46.5 Å². The Hall–Kier alpha value is -6.22. The number of amides is 3. The zero-order valence-electron chi connectivity index (χ0n) is 45.4. The van der Waals surface area contributed by atoms with E-state index in [1.807, 2.05) is 75.4 Å². The summed E-state index contributed by atoms with van der Waals surface area (Å²) in [6.45, 7) is 14.8. The number of likely N-dealkylation sites (N-methyl/N-ethyl adjacent to an activating group) is 1. The largest absolute Gasteiger partial charge is 0.491 e. The summed E-state index contributed by atoms with van der Waals surface area (Å²) in [6, 6.07) is 22.6. The average Bonchev–Trinajstić information content (AvgIpc) is 3.90. The Morgan fingerprint density at radius 3 is 2.22 bits per heavy atom. The lowest BCUT2D eigenvalue weighted by molar-refractivity contribution is -0.147. The third-order valence-corrected chi connectivity index (χ3v) is 17.4. The number of thiazole rings is 1. The van der Waals surface area contributed by atoms with Gasteiger partial charge in [-0.15, -0.1) is 11.3 Å². The number of benzene rings is 4. The van der Waals surface area contributed by atoms with Crippen LogP contribution in [0, 0.1) is 5.41 Å². The van der Waals surface area contributed by atoms with Crippen molar-refractivity contribution in [1.29, 1.82) is 0 Å². The summed E-state index contributed by atoms with van der Waals surface area (Å²) in [6.07, 6.45) is 4.71. The van der Waals surface area contributed by atoms with Gasteiger partial charge in [-0.2, -0.15) is 0 Å². The Balaban J connectivity index is 0.795. The van der Waals surface area contributed by atoms with Gasteiger partial charge in [0.15, 0.2) is 9.84 Å². The summed E-state index contributed by atoms with van der Waals surface area (Å²) in [7, 11) is -2.13. The molecule has 4 atom stereocenters. The minimum Gasteiger partial charge on any atom is -0.491 e. The van der Waals surface area contributed by atoms with Crippen LogP contribution in [0.2, 0.25) is 0 Å². The van der Waals surface area contributed by atoms with Crippen LogP contribution in [-0.4, -0.2) is 124 Å². The Labute approximate surface area is 456 Å². The molecular weight excluding hydrogens is 1020 g/mol. The number of sulfone groups is 1. The van der Waals surface area contributed by atoms with Crippen LogP contribution >= 0.6 is 11.3 Å². The predicted molar refractivity (Wildman–Crippen MR) is 300 cm³/mol. The van der Waals surface area contributed by atoms with Gasteiger partial charge >= 0.3 is 0 Å². The van der Waals surface area contributed by atoms with Crippen molar-refractivity contribution in [3.8, 4) is 11.5 Å². The van der Waals surface area contributed by atoms with E-state index in [-0.39, 0.29) is 60.8 Å². The number of aromatic nitrogens is 2. The van der Waals surface area contributed by atoms with Crippen molar-refractivity contribution in [3.63, 3.8) is 0 Å². The molecule has 2 aromatic heterocycles. The highest BCUT2D eigenvalue weighted by Gasteiger charge is 2.43. The summed E-state index contributed by atoms with van der Waals surface area (Å²) in [4.78, 5) is 52.9. The average molecular weight is 1090 g/mol. The van der Waals surface area contributed by atoms with Gasteiger partial charge < -0.3 is 49.9 Å². The molecule has 6 aromatic rings. The molecule has 1 unspecified atom stereocenters. The number of carbonyl (C=O) groups is 3. The molecule has 3 amide bonds. The van der Waals surface area contributed by atoms with Gasteiger partial charge in [-0.3, -0.25) is 19.4 Å². The molecule has 19 heteroatoms. The van der Waals surface area contributed by atoms with Crippen LogP contribution in [0.15, 0.2) is 95.5 Å². The van der Waals surface area contributed by atoms with Crippen molar-refractivity contribution in [2.45, 2.75) is 115 Å². The van der Waals surface area contributed by atoms with Crippen LogP contribution in [0.1, 0.15) is 89.6 Å². The molecular formula is C58H73N7O10S2. The van der Waals surface area contributed by atoms with E-state index in [0.717, 1.165) is 51.9 Å². The summed E-state index contributed by atoms with van der Waals surface area (Å²) in [5.41, 5.74) is 8.26. The van der Waals surface area contributed by atoms with E-state index >= 15 is 0 Å². The molecule has 0 fully saturated rings. The monoisotopic (exact) mass is 1090 g/mol. The second-order valence-corrected chi connectivity index (χ2v) is 25.1. The molecule has 0 saturated carbocycles. The van der Waals surface area contributed by atoms with Crippen LogP contribution in [0.4, 0.5) is 11.4 Å². The Morgan fingerprint density at radius 2 is 1.51 bits per heavy atom. The standard InChI is InChI=1S/C58H73N7O10S2/c1-37(59-8)54(66)64-53(57(2,3)4)56(68)65-35-40-30-42(18-16-39(40)31-49(65)55(67)63-45-15-11-13-38-12-9-10-14-43(38)45)74-28-26-72-24-22-71-23-25-73-27-29-75-50-34-47-44(33-52(50)77(69,70)58(5,6)7)46(20-21-60-47)62-41-17-19-51-48(32-41)61-36-76-51/h9-10,12,14,16-21,30,32-34,36-37,45,49,53,59H,11,13,15,22-29,31,35H2,1-8H3,(H,60,62)(H,63,67)(H,64,66)/t37-,45?,49-,53+/m0/s1. The first-order valence-corrected chi connectivity index (χ1v) is 28.7. The van der Waals surface area contributed by atoms with E-state index in [1.54, 1.807) is 74.8 Å². The van der Waals surface area contributed by atoms with Crippen LogP contribution in [0.25, 0.3) is 21.1 Å². The molecule has 1 aliphatic heterocycles. The lowest BCUT2D eigenvalue weighted by atomic mass is 9.83. The molecule has 8 rings (SSSR count). The zero-order chi connectivity index (χ0) is 54.9. The van der Waals surface area contributed by atoms with E-state index < -0.39 is 38.1 Å². The van der Waals surface area contributed by atoms with Gasteiger partial charge in [0.25, 0.3) is 0 Å². The summed E-state index contributed by atoms with van der Waals surface area (Å²) >= 11 is 1.56. The number of fused-ring (bicyclic) bond motifs is 4. The van der Waals surface area contributed by atoms with Crippen LogP contribution in [0.5, 0.6) is 11.5 Å². The van der Waals surface area contributed by atoms with Gasteiger partial charge in [-0.25, -0.2) is 13.4 Å². The molecule has 3 heterocycles. The minimum absolute atomic E-state index is 0.0750. The van der Waals surface area contributed by atoms with Gasteiger partial charge in [0.05, 0.1) is 77.7 Å². The predicted octanol–water partition coefficient (Wildman–Crippen LogP) is 8.25. The Kier molecular flexibility index (Phi) is 18.5. The maximum atomic E-state index is 14.7. The number of hydrogen-bond acceptors (Lipinski definition) is 15. The van der Waals surface area contributed by atoms with Crippen molar-refractivity contribution >= 4 is 71.4 Å². The maximum Gasteiger partial charge on any atom is 0.246 e. The smallest absolute Gasteiger partial charge is 0.246 e. The number of nitrogens with one attached hydrogen (secondary N) is 4. The summed E-state index contributed by atoms with van der Waals surface area (Å²) < 4.78 is 57.3. The fourth-order valence-electron chi connectivity index (χ4n) is 9.48. The van der Waals surface area contributed by atoms with Gasteiger partial charge in [0, 0.05) is 42.0 Å². The molecule has 2 aliphatic rings. The molecule has 1 aliphatic carbocycles. The van der Waals surface area contributed by atoms with Crippen molar-refractivity contribution in [1.82, 2.24) is 30.8 Å². The molecule has 77 heavy (non-hydrogen) atoms. The number of nitrogens with zero attached hydrogens (tertiary/aromatic N) is 3. The number of aryl methyl sites for hydroxylation is 1. The van der Waals surface area contributed by atoms with Crippen LogP contribution < -0.4 is 30.7 Å². The summed E-state index contributed by atoms with van der Waals surface area (Å²) in [5, 5.41) is 13.3. The number of rotatable bonds is 23. The molecule has 0 spiro atoms. The van der Waals surface area contributed by atoms with E-state index in [9.17, 15) is 22.8 Å². The third-order valence-electron chi connectivity index (χ3n) is 14.0. The zero-order valence-corrected chi connectivity index (χ0v) is 47.0. The van der Waals surface area contributed by atoms with Crippen molar-refractivity contribution in [3.05, 3.63) is 113 Å². The maximum absolute atomic E-state index is 14.7. The molecule has 412 valence electrons. The molecule has 0 radical (unpaired) electrons. The molecule has 4 aromatic carbocycles. The lowest BCUT2D eigenvalue weighted by Crippen LogP contribution is -2.62. The third kappa shape index (κ3) is 13.9. The molecule has 4 N–H and O–H groups in total. The second kappa shape index (κ2) is 25.1. The Morgan fingerprint density at radius 1 is 0.792 bits per heavy atom. The van der Waals surface area contributed by atoms with Gasteiger partial charge in [-0.1, -0.05) is 51.1 Å². The van der Waals surface area contributed by atoms with E-state index in [4.69, 9.17) is 23.7 Å². The van der Waals surface area contributed by atoms with Gasteiger partial charge in [0.1, 0.15) is 41.7 Å². The van der Waals surface area contributed by atoms with Crippen molar-refractivity contribution in [2.24, 2.45) is 5.41 Å². The van der Waals surface area contributed by atoms with Gasteiger partial charge in [0.2, 0.25) is 17.7 Å². The quantitative estimate of drug-likeness (QED) is 0.0446. The number of hydrogen-bond donors (Lipinski definition) is 4. The Bertz CT molecular complexity index is 3150. The second-order valence-electron chi connectivity index (χ2n) is 21.6. The highest BCUT2D eigenvalue weighted by Crippen LogP contribution is 2.39. The van der Waals surface area contributed by atoms with E-state index in [2.05, 4.69) is 43.4 Å². The number of ether oxygens (including phenoxy) is 5. The minimum atomic E-state index is -3.83. The normalized spacial score (nSPS) is 16.5. The summed E-state index contributed by atoms with van der Waals surface area (Å²) in [5.74, 6) is -0.0348. The first kappa shape index (κ1) is 57.0. The topological polar surface area (TPSA) is 209 Å². The van der Waals surface area contributed by atoms with Crippen LogP contribution in [0.3, 0.4) is 0 Å². The number of carbonyl (C=O) groups excluding carboxylic acids is 3. The molecule has 0 bridgehead atoms. The van der Waals surface area contributed by atoms with E-state index in [0.29, 0.717) is 61.8 Å².